The minimum Gasteiger partial charge on any atom is -0.429 e. The molecule has 0 bridgehead atoms. The highest BCUT2D eigenvalue weighted by Crippen LogP contribution is 2.34. The van der Waals surface area contributed by atoms with Crippen LogP contribution in [0.1, 0.15) is 39.8 Å². The highest BCUT2D eigenvalue weighted by atomic mass is 19.4. The zero-order valence-electron chi connectivity index (χ0n) is 23.1. The van der Waals surface area contributed by atoms with Crippen molar-refractivity contribution in [2.45, 2.75) is 25.3 Å². The van der Waals surface area contributed by atoms with Crippen molar-refractivity contribution < 1.29 is 53.4 Å². The quantitative estimate of drug-likeness (QED) is 0.113. The van der Waals surface area contributed by atoms with Gasteiger partial charge in [0.2, 0.25) is 5.75 Å². The molecule has 0 saturated carbocycles. The Hall–Kier alpha value is -5.36. The maximum Gasteiger partial charge on any atom is 0.573 e. The van der Waals surface area contributed by atoms with Gasteiger partial charge in [-0.3, -0.25) is 0 Å². The monoisotopic (exact) mass is 648 g/mol. The van der Waals surface area contributed by atoms with E-state index < -0.39 is 64.2 Å². The maximum absolute atomic E-state index is 14.7. The smallest absolute Gasteiger partial charge is 0.429 e. The van der Waals surface area contributed by atoms with Gasteiger partial charge in [0.25, 0.3) is 0 Å². The Bertz CT molecular complexity index is 1880. The Morgan fingerprint density at radius 1 is 0.609 bits per heavy atom. The summed E-state index contributed by atoms with van der Waals surface area (Å²) < 4.78 is 145. The molecule has 0 fully saturated rings. The average molecular weight is 648 g/mol. The number of allylic oxidation sites excluding steroid dienone is 1. The molecule has 4 rings (SSSR count). The predicted molar refractivity (Wildman–Crippen MR) is 147 cm³/mol. The number of ether oxygens (including phenoxy) is 2. The first kappa shape index (κ1) is 33.5. The molecule has 0 heterocycles. The summed E-state index contributed by atoms with van der Waals surface area (Å²) in [4.78, 5) is 0. The third-order valence-electron chi connectivity index (χ3n) is 6.04. The van der Waals surface area contributed by atoms with Crippen LogP contribution in [0.5, 0.6) is 11.5 Å². The molecule has 0 aliphatic carbocycles. The fourth-order valence-corrected chi connectivity index (χ4v) is 3.90. The molecule has 12 heteroatoms. The van der Waals surface area contributed by atoms with Crippen LogP contribution in [0.3, 0.4) is 0 Å². The van der Waals surface area contributed by atoms with Crippen molar-refractivity contribution >= 4 is 0 Å². The van der Waals surface area contributed by atoms with Crippen molar-refractivity contribution in [1.29, 1.82) is 0 Å². The van der Waals surface area contributed by atoms with Crippen molar-refractivity contribution in [1.82, 2.24) is 0 Å². The summed E-state index contributed by atoms with van der Waals surface area (Å²) in [5, 5.41) is 0. The normalized spacial score (nSPS) is 11.2. The molecule has 4 aromatic carbocycles. The van der Waals surface area contributed by atoms with Gasteiger partial charge in [0.1, 0.15) is 23.2 Å². The maximum atomic E-state index is 14.7. The minimum atomic E-state index is -5.33. The van der Waals surface area contributed by atoms with Crippen LogP contribution in [-0.4, -0.2) is 6.36 Å². The van der Waals surface area contributed by atoms with Gasteiger partial charge < -0.3 is 9.47 Å². The Labute approximate surface area is 255 Å². The number of rotatable bonds is 7. The van der Waals surface area contributed by atoms with E-state index >= 15 is 0 Å². The summed E-state index contributed by atoms with van der Waals surface area (Å²) in [6.07, 6.45) is -6.93. The van der Waals surface area contributed by atoms with Crippen LogP contribution in [0.2, 0.25) is 0 Å². The number of alkyl halides is 5. The average Bonchev–Trinajstić information content (AvgIpc) is 2.96. The molecule has 0 unspecified atom stereocenters. The predicted octanol–water partition coefficient (Wildman–Crippen LogP) is 9.33. The van der Waals surface area contributed by atoms with E-state index in [1.54, 1.807) is 6.08 Å². The van der Waals surface area contributed by atoms with Gasteiger partial charge in [0.05, 0.1) is 16.7 Å². The molecule has 0 aliphatic rings. The van der Waals surface area contributed by atoms with Crippen molar-refractivity contribution in [3.05, 3.63) is 142 Å². The van der Waals surface area contributed by atoms with Crippen LogP contribution in [0.4, 0.5) is 43.9 Å². The van der Waals surface area contributed by atoms with E-state index in [0.29, 0.717) is 36.6 Å². The molecular formula is C34H18F10O2. The summed E-state index contributed by atoms with van der Waals surface area (Å²) in [6, 6.07) is 10.1. The van der Waals surface area contributed by atoms with E-state index in [4.69, 9.17) is 0 Å². The van der Waals surface area contributed by atoms with Crippen LogP contribution in [0.25, 0.3) is 0 Å². The van der Waals surface area contributed by atoms with Crippen LogP contribution in [-0.2, 0) is 12.5 Å². The van der Waals surface area contributed by atoms with E-state index in [0.717, 1.165) is 36.4 Å². The van der Waals surface area contributed by atoms with E-state index in [1.807, 2.05) is 0 Å². The van der Waals surface area contributed by atoms with Crippen molar-refractivity contribution in [3.63, 3.8) is 0 Å². The molecule has 2 nitrogen and oxygen atoms in total. The third-order valence-corrected chi connectivity index (χ3v) is 6.04. The van der Waals surface area contributed by atoms with Crippen molar-refractivity contribution in [2.75, 3.05) is 0 Å². The van der Waals surface area contributed by atoms with E-state index in [2.05, 4.69) is 39.7 Å². The van der Waals surface area contributed by atoms with Gasteiger partial charge in [0.15, 0.2) is 11.6 Å². The summed E-state index contributed by atoms with van der Waals surface area (Å²) in [7, 11) is 0. The summed E-state index contributed by atoms with van der Waals surface area (Å²) in [5.74, 6) is 0.560. The first-order chi connectivity index (χ1) is 21.6. The van der Waals surface area contributed by atoms with E-state index in [-0.39, 0.29) is 16.7 Å². The number of hydrogen-bond acceptors (Lipinski definition) is 2. The lowest BCUT2D eigenvalue weighted by Gasteiger charge is -2.19. The lowest BCUT2D eigenvalue weighted by molar-refractivity contribution is -0.276. The highest BCUT2D eigenvalue weighted by molar-refractivity contribution is 5.50. The molecule has 0 saturated heterocycles. The zero-order chi connectivity index (χ0) is 33.6. The minimum absolute atomic E-state index is 0.0343. The number of benzene rings is 4. The fourth-order valence-electron chi connectivity index (χ4n) is 3.90. The number of aryl methyl sites for hydroxylation is 1. The van der Waals surface area contributed by atoms with Gasteiger partial charge in [-0.05, 0) is 73.0 Å². The summed E-state index contributed by atoms with van der Waals surface area (Å²) >= 11 is 0. The first-order valence-corrected chi connectivity index (χ1v) is 13.0. The largest absolute Gasteiger partial charge is 0.573 e. The second kappa shape index (κ2) is 13.7. The second-order valence-corrected chi connectivity index (χ2v) is 9.41. The standard InChI is InChI=1S/C34H18F10O2/c1-2-3-4-20-8-14-26(29(37)16-20)33(40,41)45-25-13-12-24(28(36)19-25)10-6-21-5-9-23(27(35)15-21)11-7-22-17-30(38)32(31(39)18-22)46-34(42,43)44/h2,5,8-9,12-19H,1,3-4H2. The molecular weight excluding hydrogens is 630 g/mol. The Balaban J connectivity index is 1.46. The van der Waals surface area contributed by atoms with Gasteiger partial charge in [0, 0.05) is 17.2 Å². The fraction of sp³-hybridized carbons (Fsp3) is 0.118. The van der Waals surface area contributed by atoms with Gasteiger partial charge in [-0.25, -0.2) is 22.0 Å². The van der Waals surface area contributed by atoms with Crippen LogP contribution in [0.15, 0.2) is 79.4 Å². The third kappa shape index (κ3) is 8.63. The highest BCUT2D eigenvalue weighted by Gasteiger charge is 2.38. The molecule has 46 heavy (non-hydrogen) atoms. The molecule has 0 atom stereocenters. The summed E-state index contributed by atoms with van der Waals surface area (Å²) in [5.41, 5.74) is -1.46. The Kier molecular flexibility index (Phi) is 10.0. The number of halogens is 10. The second-order valence-electron chi connectivity index (χ2n) is 9.41. The van der Waals surface area contributed by atoms with Crippen LogP contribution in [0, 0.1) is 52.8 Å². The molecule has 0 spiro atoms. The molecule has 236 valence electrons. The first-order valence-electron chi connectivity index (χ1n) is 13.0. The molecule has 0 amide bonds. The van der Waals surface area contributed by atoms with E-state index in [1.165, 1.54) is 12.1 Å². The van der Waals surface area contributed by atoms with Crippen LogP contribution < -0.4 is 9.47 Å². The van der Waals surface area contributed by atoms with Crippen LogP contribution >= 0.6 is 0 Å². The Morgan fingerprint density at radius 3 is 1.76 bits per heavy atom. The molecule has 0 aromatic heterocycles. The van der Waals surface area contributed by atoms with Crippen molar-refractivity contribution in [2.24, 2.45) is 0 Å². The summed E-state index contributed by atoms with van der Waals surface area (Å²) in [6.45, 7) is 3.54. The molecule has 4 aromatic rings. The van der Waals surface area contributed by atoms with Crippen molar-refractivity contribution in [3.8, 4) is 35.2 Å². The number of hydrogen-bond donors (Lipinski definition) is 0. The molecule has 0 N–H and O–H groups in total. The SMILES string of the molecule is C=CCCc1ccc(C(F)(F)Oc2ccc(C#Cc3ccc(C#Cc4cc(F)c(OC(F)(F)F)c(F)c4)c(F)c3)c(F)c2)c(F)c1. The molecule has 0 aliphatic heterocycles. The van der Waals surface area contributed by atoms with Gasteiger partial charge in [-0.2, -0.15) is 8.78 Å². The molecule has 0 radical (unpaired) electrons. The van der Waals surface area contributed by atoms with E-state index in [9.17, 15) is 43.9 Å². The zero-order valence-corrected chi connectivity index (χ0v) is 23.1. The lowest BCUT2D eigenvalue weighted by atomic mass is 10.1. The topological polar surface area (TPSA) is 18.5 Å². The lowest BCUT2D eigenvalue weighted by Crippen LogP contribution is -2.23. The van der Waals surface area contributed by atoms with Gasteiger partial charge in [-0.1, -0.05) is 35.8 Å². The van der Waals surface area contributed by atoms with Gasteiger partial charge in [-0.15, -0.1) is 19.8 Å². The van der Waals surface area contributed by atoms with Gasteiger partial charge >= 0.3 is 12.5 Å². The Morgan fingerprint density at radius 2 is 1.20 bits per heavy atom.